The van der Waals surface area contributed by atoms with Crippen molar-refractivity contribution in [1.29, 1.82) is 0 Å². The van der Waals surface area contributed by atoms with Crippen LogP contribution < -0.4 is 14.4 Å². The molecule has 1 saturated heterocycles. The predicted octanol–water partition coefficient (Wildman–Crippen LogP) is 3.50. The van der Waals surface area contributed by atoms with Gasteiger partial charge in [0, 0.05) is 70.4 Å². The van der Waals surface area contributed by atoms with Crippen molar-refractivity contribution < 1.29 is 14.4 Å². The van der Waals surface area contributed by atoms with Crippen LogP contribution in [0.15, 0.2) is 48.5 Å². The van der Waals surface area contributed by atoms with Gasteiger partial charge in [-0.1, -0.05) is 18.2 Å². The topological polar surface area (TPSA) is 97.1 Å². The van der Waals surface area contributed by atoms with Crippen molar-refractivity contribution in [2.24, 2.45) is 0 Å². The first-order chi connectivity index (χ1) is 17.5. The number of hydrogen-bond acceptors (Lipinski definition) is 9. The Balaban J connectivity index is 1.44. The maximum absolute atomic E-state index is 11.2. The van der Waals surface area contributed by atoms with Gasteiger partial charge in [-0.2, -0.15) is 4.98 Å². The van der Waals surface area contributed by atoms with E-state index < -0.39 is 0 Å². The zero-order valence-electron chi connectivity index (χ0n) is 20.6. The van der Waals surface area contributed by atoms with Crippen LogP contribution >= 0.6 is 0 Å². The number of nitro groups is 1. The number of nitro benzene ring substituents is 1. The summed E-state index contributed by atoms with van der Waals surface area (Å²) in [7, 11) is 3.75. The summed E-state index contributed by atoms with van der Waals surface area (Å²) in [5.41, 5.74) is 2.95. The molecule has 0 bridgehead atoms. The molecule has 10 nitrogen and oxygen atoms in total. The highest BCUT2D eigenvalue weighted by molar-refractivity contribution is 5.45. The van der Waals surface area contributed by atoms with E-state index in [9.17, 15) is 10.1 Å². The molecule has 0 spiro atoms. The van der Waals surface area contributed by atoms with Crippen molar-refractivity contribution in [1.82, 2.24) is 19.8 Å². The molecule has 2 aliphatic heterocycles. The maximum Gasteiger partial charge on any atom is 0.269 e. The van der Waals surface area contributed by atoms with Gasteiger partial charge in [-0.25, -0.2) is 4.98 Å². The van der Waals surface area contributed by atoms with Crippen LogP contribution in [0.4, 0.5) is 11.6 Å². The largest absolute Gasteiger partial charge is 0.497 e. The number of non-ortho nitro benzene ring substituents is 1. The van der Waals surface area contributed by atoms with E-state index in [1.54, 1.807) is 19.2 Å². The summed E-state index contributed by atoms with van der Waals surface area (Å²) in [5.74, 6) is 2.61. The first-order valence-electron chi connectivity index (χ1n) is 12.1. The highest BCUT2D eigenvalue weighted by Crippen LogP contribution is 2.33. The SMILES string of the molecule is COc1cccc(Oc2nc(N3CCN(C)CC3)nc3c2CN(Cc2cccc([N+](=O)[O-])c2)CC3)c1. The molecule has 3 aromatic rings. The lowest BCUT2D eigenvalue weighted by Gasteiger charge is -2.34. The van der Waals surface area contributed by atoms with E-state index in [2.05, 4.69) is 21.7 Å². The summed E-state index contributed by atoms with van der Waals surface area (Å²) < 4.78 is 11.7. The molecule has 10 heteroatoms. The summed E-state index contributed by atoms with van der Waals surface area (Å²) in [6, 6.07) is 14.3. The van der Waals surface area contributed by atoms with Crippen molar-refractivity contribution in [3.63, 3.8) is 0 Å². The lowest BCUT2D eigenvalue weighted by molar-refractivity contribution is -0.384. The number of fused-ring (bicyclic) bond motifs is 1. The number of nitrogens with zero attached hydrogens (tertiary/aromatic N) is 6. The minimum Gasteiger partial charge on any atom is -0.497 e. The van der Waals surface area contributed by atoms with Crippen LogP contribution in [-0.4, -0.2) is 71.6 Å². The fourth-order valence-electron chi connectivity index (χ4n) is 4.60. The standard InChI is InChI=1S/C26H30N6O4/c1-29-11-13-31(14-12-29)26-27-24-9-10-30(17-19-5-3-6-20(15-19)32(33)34)18-23(24)25(28-26)36-22-8-4-7-21(16-22)35-2/h3-8,15-16H,9-14,17-18H2,1-2H3. The van der Waals surface area contributed by atoms with Gasteiger partial charge in [-0.05, 0) is 24.7 Å². The zero-order valence-corrected chi connectivity index (χ0v) is 20.6. The van der Waals surface area contributed by atoms with E-state index in [1.165, 1.54) is 6.07 Å². The number of rotatable bonds is 7. The smallest absolute Gasteiger partial charge is 0.269 e. The number of methoxy groups -OCH3 is 1. The monoisotopic (exact) mass is 490 g/mol. The Morgan fingerprint density at radius 2 is 1.78 bits per heavy atom. The summed E-state index contributed by atoms with van der Waals surface area (Å²) >= 11 is 0. The quantitative estimate of drug-likeness (QED) is 0.364. The van der Waals surface area contributed by atoms with Crippen molar-refractivity contribution in [2.75, 3.05) is 51.8 Å². The van der Waals surface area contributed by atoms with E-state index in [-0.39, 0.29) is 10.6 Å². The van der Waals surface area contributed by atoms with E-state index >= 15 is 0 Å². The minimum absolute atomic E-state index is 0.104. The first kappa shape index (κ1) is 24.0. The van der Waals surface area contributed by atoms with Crippen LogP contribution in [0.2, 0.25) is 0 Å². The van der Waals surface area contributed by atoms with Crippen LogP contribution in [0.25, 0.3) is 0 Å². The number of ether oxygens (including phenoxy) is 2. The number of aromatic nitrogens is 2. The van der Waals surface area contributed by atoms with Gasteiger partial charge in [-0.15, -0.1) is 0 Å². The third-order valence-corrected chi connectivity index (χ3v) is 6.66. The van der Waals surface area contributed by atoms with E-state index in [4.69, 9.17) is 19.4 Å². The second kappa shape index (κ2) is 10.5. The summed E-state index contributed by atoms with van der Waals surface area (Å²) in [6.45, 7) is 5.65. The summed E-state index contributed by atoms with van der Waals surface area (Å²) in [5, 5.41) is 11.2. The number of piperazine rings is 1. The number of benzene rings is 2. The van der Waals surface area contributed by atoms with E-state index in [0.717, 1.165) is 56.0 Å². The van der Waals surface area contributed by atoms with Crippen LogP contribution in [-0.2, 0) is 19.5 Å². The van der Waals surface area contributed by atoms with Gasteiger partial charge in [0.1, 0.15) is 11.5 Å². The molecule has 0 radical (unpaired) electrons. The molecule has 188 valence electrons. The fraction of sp³-hybridized carbons (Fsp3) is 0.385. The Kier molecular flexibility index (Phi) is 6.97. The molecule has 36 heavy (non-hydrogen) atoms. The molecule has 5 rings (SSSR count). The summed E-state index contributed by atoms with van der Waals surface area (Å²) in [6.07, 6.45) is 0.752. The van der Waals surface area contributed by atoms with Gasteiger partial charge < -0.3 is 19.3 Å². The van der Waals surface area contributed by atoms with Crippen molar-refractivity contribution in [3.8, 4) is 17.4 Å². The maximum atomic E-state index is 11.2. The lowest BCUT2D eigenvalue weighted by atomic mass is 10.1. The number of anilines is 1. The third kappa shape index (κ3) is 5.39. The predicted molar refractivity (Wildman–Crippen MR) is 136 cm³/mol. The van der Waals surface area contributed by atoms with Gasteiger partial charge in [0.2, 0.25) is 11.8 Å². The summed E-state index contributed by atoms with van der Waals surface area (Å²) in [4.78, 5) is 27.4. The average Bonchev–Trinajstić information content (AvgIpc) is 2.89. The molecule has 2 aromatic carbocycles. The first-order valence-corrected chi connectivity index (χ1v) is 12.1. The Labute approximate surface area is 210 Å². The van der Waals surface area contributed by atoms with Crippen LogP contribution in [0.5, 0.6) is 17.4 Å². The van der Waals surface area contributed by atoms with Gasteiger partial charge >= 0.3 is 0 Å². The second-order valence-electron chi connectivity index (χ2n) is 9.21. The van der Waals surface area contributed by atoms with Gasteiger partial charge in [0.25, 0.3) is 5.69 Å². The molecular formula is C26H30N6O4. The van der Waals surface area contributed by atoms with Crippen molar-refractivity contribution in [3.05, 3.63) is 75.5 Å². The van der Waals surface area contributed by atoms with Crippen molar-refractivity contribution in [2.45, 2.75) is 19.5 Å². The molecule has 1 aromatic heterocycles. The molecule has 2 aliphatic rings. The minimum atomic E-state index is -0.358. The van der Waals surface area contributed by atoms with Crippen LogP contribution in [0.3, 0.4) is 0 Å². The van der Waals surface area contributed by atoms with Gasteiger partial charge in [-0.3, -0.25) is 15.0 Å². The van der Waals surface area contributed by atoms with Crippen molar-refractivity contribution >= 4 is 11.6 Å². The normalized spacial score (nSPS) is 16.4. The molecule has 0 amide bonds. The van der Waals surface area contributed by atoms with Gasteiger partial charge in [0.05, 0.1) is 23.3 Å². The highest BCUT2D eigenvalue weighted by atomic mass is 16.6. The molecule has 0 unspecified atom stereocenters. The second-order valence-corrected chi connectivity index (χ2v) is 9.21. The Morgan fingerprint density at radius 3 is 2.56 bits per heavy atom. The number of likely N-dealkylation sites (N-methyl/N-ethyl adjacent to an activating group) is 1. The van der Waals surface area contributed by atoms with Crippen LogP contribution in [0, 0.1) is 10.1 Å². The van der Waals surface area contributed by atoms with E-state index in [0.29, 0.717) is 36.4 Å². The zero-order chi connectivity index (χ0) is 25.1. The molecule has 0 saturated carbocycles. The van der Waals surface area contributed by atoms with Gasteiger partial charge in [0.15, 0.2) is 0 Å². The molecule has 0 N–H and O–H groups in total. The number of hydrogen-bond donors (Lipinski definition) is 0. The molecule has 0 atom stereocenters. The van der Waals surface area contributed by atoms with Crippen LogP contribution in [0.1, 0.15) is 16.8 Å². The Hall–Kier alpha value is -3.76. The Bertz CT molecular complexity index is 1240. The Morgan fingerprint density at radius 1 is 1.00 bits per heavy atom. The highest BCUT2D eigenvalue weighted by Gasteiger charge is 2.27. The molecular weight excluding hydrogens is 460 g/mol. The molecule has 3 heterocycles. The average molecular weight is 491 g/mol. The molecule has 1 fully saturated rings. The third-order valence-electron chi connectivity index (χ3n) is 6.66. The van der Waals surface area contributed by atoms with E-state index in [1.807, 2.05) is 30.3 Å². The fourth-order valence-corrected chi connectivity index (χ4v) is 4.60. The molecule has 0 aliphatic carbocycles. The lowest BCUT2D eigenvalue weighted by Crippen LogP contribution is -2.45.